The second-order valence-electron chi connectivity index (χ2n) is 3.90. The maximum absolute atomic E-state index is 11.0. The lowest BCUT2D eigenvalue weighted by molar-refractivity contribution is -0.120. The van der Waals surface area contributed by atoms with Crippen LogP contribution in [-0.4, -0.2) is 56.6 Å². The van der Waals surface area contributed by atoms with Gasteiger partial charge in [0.1, 0.15) is 0 Å². The average molecular weight is 201 g/mol. The van der Waals surface area contributed by atoms with Gasteiger partial charge in [-0.3, -0.25) is 14.6 Å². The van der Waals surface area contributed by atoms with E-state index in [2.05, 4.69) is 15.1 Å². The number of carbonyl (C=O) groups excluding carboxylic acids is 1. The Kier molecular flexibility index (Phi) is 6.49. The van der Waals surface area contributed by atoms with E-state index in [0.717, 1.165) is 13.0 Å². The van der Waals surface area contributed by atoms with Crippen molar-refractivity contribution in [3.63, 3.8) is 0 Å². The lowest BCUT2D eigenvalue weighted by atomic mass is 10.3. The van der Waals surface area contributed by atoms with Crippen LogP contribution in [-0.2, 0) is 4.79 Å². The van der Waals surface area contributed by atoms with Crippen molar-refractivity contribution in [2.24, 2.45) is 0 Å². The molecule has 0 fully saturated rings. The Labute approximate surface area is 87.3 Å². The van der Waals surface area contributed by atoms with Gasteiger partial charge >= 0.3 is 0 Å². The van der Waals surface area contributed by atoms with Crippen molar-refractivity contribution >= 4 is 5.91 Å². The summed E-state index contributed by atoms with van der Waals surface area (Å²) in [5.74, 6) is 0.126. The summed E-state index contributed by atoms with van der Waals surface area (Å²) in [6, 6.07) is 0. The topological polar surface area (TPSA) is 35.6 Å². The fraction of sp³-hybridized carbons (Fsp3) is 0.900. The molecule has 0 bridgehead atoms. The van der Waals surface area contributed by atoms with Crippen molar-refractivity contribution < 1.29 is 4.79 Å². The van der Waals surface area contributed by atoms with Gasteiger partial charge in [-0.1, -0.05) is 6.92 Å². The number of nitrogens with zero attached hydrogens (tertiary/aromatic N) is 2. The van der Waals surface area contributed by atoms with Gasteiger partial charge < -0.3 is 5.32 Å². The fourth-order valence-corrected chi connectivity index (χ4v) is 1.44. The molecular formula is C10H23N3O. The first-order valence-electron chi connectivity index (χ1n) is 5.08. The lowest BCUT2D eigenvalue weighted by Gasteiger charge is -2.30. The predicted molar refractivity (Wildman–Crippen MR) is 59.1 cm³/mol. The van der Waals surface area contributed by atoms with Crippen molar-refractivity contribution in [3.05, 3.63) is 0 Å². The van der Waals surface area contributed by atoms with Crippen LogP contribution in [0, 0.1) is 0 Å². The predicted octanol–water partition coefficient (Wildman–Crippen LogP) is 0.352. The van der Waals surface area contributed by atoms with E-state index >= 15 is 0 Å². The molecule has 4 heteroatoms. The molecule has 0 unspecified atom stereocenters. The fourth-order valence-electron chi connectivity index (χ4n) is 1.44. The van der Waals surface area contributed by atoms with Crippen LogP contribution >= 0.6 is 0 Å². The molecule has 0 rings (SSSR count). The summed E-state index contributed by atoms with van der Waals surface area (Å²) in [6.45, 7) is 2.61. The number of hydrogen-bond donors (Lipinski definition) is 1. The molecule has 0 aliphatic rings. The summed E-state index contributed by atoms with van der Waals surface area (Å²) in [5, 5.41) is 2.88. The monoisotopic (exact) mass is 201 g/mol. The van der Waals surface area contributed by atoms with E-state index in [-0.39, 0.29) is 5.91 Å². The second-order valence-corrected chi connectivity index (χ2v) is 3.90. The van der Waals surface area contributed by atoms with Gasteiger partial charge in [-0.15, -0.1) is 0 Å². The first-order valence-corrected chi connectivity index (χ1v) is 5.08. The summed E-state index contributed by atoms with van der Waals surface area (Å²) in [7, 11) is 8.19. The quantitative estimate of drug-likeness (QED) is 0.630. The zero-order valence-electron chi connectivity index (χ0n) is 10.0. The molecule has 0 radical (unpaired) electrons. The molecule has 84 valence electrons. The molecule has 4 nitrogen and oxygen atoms in total. The second kappa shape index (κ2) is 6.79. The summed E-state index contributed by atoms with van der Waals surface area (Å²) >= 11 is 0. The van der Waals surface area contributed by atoms with E-state index in [1.165, 1.54) is 0 Å². The molecule has 1 amide bonds. The van der Waals surface area contributed by atoms with Crippen LogP contribution in [0.2, 0.25) is 0 Å². The van der Waals surface area contributed by atoms with E-state index < -0.39 is 0 Å². The summed E-state index contributed by atoms with van der Waals surface area (Å²) in [6.07, 6.45) is 1.90. The van der Waals surface area contributed by atoms with Gasteiger partial charge in [-0.25, -0.2) is 0 Å². The Bertz CT molecular complexity index is 161. The number of rotatable bonds is 6. The zero-order valence-corrected chi connectivity index (χ0v) is 10.0. The molecule has 0 saturated carbocycles. The standard InChI is InChI=1S/C10H23N3O/c1-6-9(14)11-8-7-10(12(2)3)13(4)5/h10H,6-8H2,1-5H3,(H,11,14). The molecule has 14 heavy (non-hydrogen) atoms. The van der Waals surface area contributed by atoms with Crippen molar-refractivity contribution in [2.75, 3.05) is 34.7 Å². The molecule has 0 aromatic carbocycles. The highest BCUT2D eigenvalue weighted by molar-refractivity contribution is 5.75. The molecule has 0 saturated heterocycles. The Morgan fingerprint density at radius 1 is 1.21 bits per heavy atom. The number of carbonyl (C=O) groups is 1. The van der Waals surface area contributed by atoms with E-state index in [1.807, 2.05) is 35.1 Å². The molecule has 0 atom stereocenters. The first-order chi connectivity index (χ1) is 6.49. The van der Waals surface area contributed by atoms with Gasteiger partial charge in [0.2, 0.25) is 5.91 Å². The van der Waals surface area contributed by atoms with E-state index in [1.54, 1.807) is 0 Å². The summed E-state index contributed by atoms with van der Waals surface area (Å²) in [4.78, 5) is 15.3. The molecule has 0 aromatic heterocycles. The van der Waals surface area contributed by atoms with E-state index in [0.29, 0.717) is 12.6 Å². The molecule has 0 aliphatic heterocycles. The zero-order chi connectivity index (χ0) is 11.1. The Hall–Kier alpha value is -0.610. The van der Waals surface area contributed by atoms with Crippen molar-refractivity contribution in [2.45, 2.75) is 25.9 Å². The number of amides is 1. The van der Waals surface area contributed by atoms with Crippen LogP contribution in [0.1, 0.15) is 19.8 Å². The third-order valence-corrected chi connectivity index (χ3v) is 2.24. The van der Waals surface area contributed by atoms with Gasteiger partial charge in [0.05, 0.1) is 6.17 Å². The van der Waals surface area contributed by atoms with Gasteiger partial charge in [0, 0.05) is 13.0 Å². The van der Waals surface area contributed by atoms with Crippen LogP contribution in [0.5, 0.6) is 0 Å². The lowest BCUT2D eigenvalue weighted by Crippen LogP contribution is -2.42. The molecule has 0 aliphatic carbocycles. The maximum Gasteiger partial charge on any atom is 0.219 e. The van der Waals surface area contributed by atoms with E-state index in [9.17, 15) is 4.79 Å². The SMILES string of the molecule is CCC(=O)NCCC(N(C)C)N(C)C. The Balaban J connectivity index is 3.78. The molecule has 0 spiro atoms. The van der Waals surface area contributed by atoms with Crippen molar-refractivity contribution in [1.82, 2.24) is 15.1 Å². The minimum atomic E-state index is 0.126. The van der Waals surface area contributed by atoms with Crippen LogP contribution in [0.15, 0.2) is 0 Å². The highest BCUT2D eigenvalue weighted by Crippen LogP contribution is 2.01. The minimum Gasteiger partial charge on any atom is -0.356 e. The first kappa shape index (κ1) is 13.4. The molecular weight excluding hydrogens is 178 g/mol. The van der Waals surface area contributed by atoms with Crippen LogP contribution in [0.3, 0.4) is 0 Å². The van der Waals surface area contributed by atoms with E-state index in [4.69, 9.17) is 0 Å². The summed E-state index contributed by atoms with van der Waals surface area (Å²) < 4.78 is 0. The molecule has 0 aromatic rings. The van der Waals surface area contributed by atoms with Crippen LogP contribution in [0.4, 0.5) is 0 Å². The number of hydrogen-bond acceptors (Lipinski definition) is 3. The normalized spacial score (nSPS) is 11.4. The Morgan fingerprint density at radius 3 is 2.07 bits per heavy atom. The third kappa shape index (κ3) is 5.19. The highest BCUT2D eigenvalue weighted by atomic mass is 16.1. The van der Waals surface area contributed by atoms with Crippen LogP contribution in [0.25, 0.3) is 0 Å². The molecule has 1 N–H and O–H groups in total. The number of nitrogens with one attached hydrogen (secondary N) is 1. The smallest absolute Gasteiger partial charge is 0.219 e. The van der Waals surface area contributed by atoms with Gasteiger partial charge in [0.15, 0.2) is 0 Å². The van der Waals surface area contributed by atoms with Crippen molar-refractivity contribution in [1.29, 1.82) is 0 Å². The minimum absolute atomic E-state index is 0.126. The van der Waals surface area contributed by atoms with Gasteiger partial charge in [-0.2, -0.15) is 0 Å². The average Bonchev–Trinajstić information content (AvgIpc) is 2.10. The molecule has 0 heterocycles. The van der Waals surface area contributed by atoms with Gasteiger partial charge in [-0.05, 0) is 34.6 Å². The highest BCUT2D eigenvalue weighted by Gasteiger charge is 2.12. The van der Waals surface area contributed by atoms with Gasteiger partial charge in [0.25, 0.3) is 0 Å². The summed E-state index contributed by atoms with van der Waals surface area (Å²) in [5.41, 5.74) is 0. The Morgan fingerprint density at radius 2 is 1.71 bits per heavy atom. The van der Waals surface area contributed by atoms with Crippen LogP contribution < -0.4 is 5.32 Å². The third-order valence-electron chi connectivity index (χ3n) is 2.24. The largest absolute Gasteiger partial charge is 0.356 e. The maximum atomic E-state index is 11.0. The van der Waals surface area contributed by atoms with Crippen molar-refractivity contribution in [3.8, 4) is 0 Å².